The standard InChI is InChI=1S/C23H25N3O2/c1-4-28-22-11-10-18-15-26(13-12-20(18)24-22)23(27)19-14-21(25(3)16(19)2)17-8-6-5-7-9-17/h5-11,14H,4,12-13,15H2,1-3H3. The molecule has 5 heteroatoms. The van der Waals surface area contributed by atoms with E-state index in [4.69, 9.17) is 4.74 Å². The second-order valence-electron chi connectivity index (χ2n) is 7.12. The summed E-state index contributed by atoms with van der Waals surface area (Å²) in [5, 5.41) is 0. The van der Waals surface area contributed by atoms with E-state index in [1.54, 1.807) is 0 Å². The molecule has 0 radical (unpaired) electrons. The summed E-state index contributed by atoms with van der Waals surface area (Å²) in [4.78, 5) is 19.8. The molecule has 0 saturated heterocycles. The molecule has 3 aromatic rings. The Morgan fingerprint density at radius 3 is 2.71 bits per heavy atom. The van der Waals surface area contributed by atoms with Crippen LogP contribution in [0.5, 0.6) is 5.88 Å². The predicted octanol–water partition coefficient (Wildman–Crippen LogP) is 3.99. The molecule has 0 N–H and O–H groups in total. The van der Waals surface area contributed by atoms with Crippen LogP contribution in [0.2, 0.25) is 0 Å². The lowest BCUT2D eigenvalue weighted by molar-refractivity contribution is 0.0732. The Morgan fingerprint density at radius 1 is 1.18 bits per heavy atom. The van der Waals surface area contributed by atoms with Crippen molar-refractivity contribution in [3.8, 4) is 17.1 Å². The van der Waals surface area contributed by atoms with Crippen molar-refractivity contribution in [2.45, 2.75) is 26.8 Å². The zero-order chi connectivity index (χ0) is 19.7. The Bertz CT molecular complexity index is 1010. The van der Waals surface area contributed by atoms with Crippen molar-refractivity contribution in [3.05, 3.63) is 71.0 Å². The topological polar surface area (TPSA) is 47.4 Å². The van der Waals surface area contributed by atoms with E-state index >= 15 is 0 Å². The van der Waals surface area contributed by atoms with Gasteiger partial charge in [-0.3, -0.25) is 4.79 Å². The van der Waals surface area contributed by atoms with Gasteiger partial charge in [0.2, 0.25) is 5.88 Å². The molecule has 0 saturated carbocycles. The summed E-state index contributed by atoms with van der Waals surface area (Å²) in [5.41, 5.74) is 6.05. The molecule has 1 aromatic carbocycles. The number of fused-ring (bicyclic) bond motifs is 1. The van der Waals surface area contributed by atoms with Gasteiger partial charge < -0.3 is 14.2 Å². The normalized spacial score (nSPS) is 13.3. The second kappa shape index (κ2) is 7.50. The average molecular weight is 375 g/mol. The zero-order valence-corrected chi connectivity index (χ0v) is 16.6. The van der Waals surface area contributed by atoms with E-state index in [1.165, 1.54) is 0 Å². The van der Waals surface area contributed by atoms with Crippen molar-refractivity contribution in [2.75, 3.05) is 13.2 Å². The van der Waals surface area contributed by atoms with E-state index in [0.29, 0.717) is 25.6 Å². The highest BCUT2D eigenvalue weighted by atomic mass is 16.5. The van der Waals surface area contributed by atoms with Crippen LogP contribution in [-0.2, 0) is 20.0 Å². The molecule has 4 rings (SSSR count). The Labute approximate surface area is 165 Å². The van der Waals surface area contributed by atoms with Crippen molar-refractivity contribution in [1.29, 1.82) is 0 Å². The Balaban J connectivity index is 1.59. The first kappa shape index (κ1) is 18.3. The average Bonchev–Trinajstić information content (AvgIpc) is 3.03. The van der Waals surface area contributed by atoms with Crippen LogP contribution < -0.4 is 4.74 Å². The van der Waals surface area contributed by atoms with E-state index in [2.05, 4.69) is 21.7 Å². The fourth-order valence-electron chi connectivity index (χ4n) is 3.77. The summed E-state index contributed by atoms with van der Waals surface area (Å²) in [6, 6.07) is 16.1. The quantitative estimate of drug-likeness (QED) is 0.693. The smallest absolute Gasteiger partial charge is 0.256 e. The first-order valence-electron chi connectivity index (χ1n) is 9.71. The van der Waals surface area contributed by atoms with Gasteiger partial charge in [0.15, 0.2) is 0 Å². The van der Waals surface area contributed by atoms with Crippen LogP contribution in [0.15, 0.2) is 48.5 Å². The maximum atomic E-state index is 13.3. The molecule has 0 spiro atoms. The molecule has 144 valence electrons. The molecule has 5 nitrogen and oxygen atoms in total. The van der Waals surface area contributed by atoms with Crippen LogP contribution >= 0.6 is 0 Å². The third-order valence-corrected chi connectivity index (χ3v) is 5.44. The summed E-state index contributed by atoms with van der Waals surface area (Å²) in [6.45, 7) is 5.82. The summed E-state index contributed by atoms with van der Waals surface area (Å²) >= 11 is 0. The van der Waals surface area contributed by atoms with Crippen molar-refractivity contribution in [3.63, 3.8) is 0 Å². The molecular formula is C23H25N3O2. The number of rotatable bonds is 4. The van der Waals surface area contributed by atoms with Gasteiger partial charge in [-0.05, 0) is 31.0 Å². The fraction of sp³-hybridized carbons (Fsp3) is 0.304. The molecule has 1 aliphatic rings. The fourth-order valence-corrected chi connectivity index (χ4v) is 3.77. The number of hydrogen-bond acceptors (Lipinski definition) is 3. The third-order valence-electron chi connectivity index (χ3n) is 5.44. The van der Waals surface area contributed by atoms with Crippen LogP contribution in [0.3, 0.4) is 0 Å². The molecule has 0 bridgehead atoms. The predicted molar refractivity (Wildman–Crippen MR) is 109 cm³/mol. The largest absolute Gasteiger partial charge is 0.478 e. The number of benzene rings is 1. The zero-order valence-electron chi connectivity index (χ0n) is 16.6. The van der Waals surface area contributed by atoms with E-state index in [0.717, 1.165) is 40.2 Å². The maximum Gasteiger partial charge on any atom is 0.256 e. The van der Waals surface area contributed by atoms with Gasteiger partial charge in [-0.15, -0.1) is 0 Å². The van der Waals surface area contributed by atoms with Crippen LogP contribution in [0, 0.1) is 6.92 Å². The first-order valence-corrected chi connectivity index (χ1v) is 9.71. The monoisotopic (exact) mass is 375 g/mol. The maximum absolute atomic E-state index is 13.3. The molecule has 0 aliphatic carbocycles. The lowest BCUT2D eigenvalue weighted by atomic mass is 10.0. The summed E-state index contributed by atoms with van der Waals surface area (Å²) in [5.74, 6) is 0.738. The van der Waals surface area contributed by atoms with Crippen LogP contribution in [0.25, 0.3) is 11.3 Å². The van der Waals surface area contributed by atoms with Gasteiger partial charge in [0.05, 0.1) is 17.9 Å². The highest BCUT2D eigenvalue weighted by Gasteiger charge is 2.26. The minimum atomic E-state index is 0.0785. The molecule has 1 aliphatic heterocycles. The van der Waals surface area contributed by atoms with Crippen LogP contribution in [0.1, 0.15) is 34.2 Å². The van der Waals surface area contributed by atoms with E-state index in [9.17, 15) is 4.79 Å². The second-order valence-corrected chi connectivity index (χ2v) is 7.12. The minimum absolute atomic E-state index is 0.0785. The van der Waals surface area contributed by atoms with Crippen LogP contribution in [0.4, 0.5) is 0 Å². The number of hydrogen-bond donors (Lipinski definition) is 0. The van der Waals surface area contributed by atoms with Gasteiger partial charge in [0, 0.05) is 44.0 Å². The van der Waals surface area contributed by atoms with Gasteiger partial charge in [-0.1, -0.05) is 36.4 Å². The molecular weight excluding hydrogens is 350 g/mol. The molecule has 1 amide bonds. The van der Waals surface area contributed by atoms with E-state index < -0.39 is 0 Å². The van der Waals surface area contributed by atoms with Crippen molar-refractivity contribution in [1.82, 2.24) is 14.5 Å². The lowest BCUT2D eigenvalue weighted by Gasteiger charge is -2.28. The molecule has 0 atom stereocenters. The van der Waals surface area contributed by atoms with E-state index in [1.807, 2.05) is 62.2 Å². The summed E-state index contributed by atoms with van der Waals surface area (Å²) in [6.07, 6.45) is 0.749. The number of amides is 1. The van der Waals surface area contributed by atoms with Gasteiger partial charge in [0.1, 0.15) is 0 Å². The number of aromatic nitrogens is 2. The number of nitrogens with zero attached hydrogens (tertiary/aromatic N) is 3. The van der Waals surface area contributed by atoms with Crippen molar-refractivity contribution in [2.24, 2.45) is 7.05 Å². The third kappa shape index (κ3) is 3.28. The molecule has 2 aromatic heterocycles. The lowest BCUT2D eigenvalue weighted by Crippen LogP contribution is -2.36. The van der Waals surface area contributed by atoms with Gasteiger partial charge in [0.25, 0.3) is 5.91 Å². The Kier molecular flexibility index (Phi) is 4.90. The SMILES string of the molecule is CCOc1ccc2c(n1)CCN(C(=O)c1cc(-c3ccccc3)n(C)c1C)C2. The first-order chi connectivity index (χ1) is 13.6. The number of carbonyl (C=O) groups excluding carboxylic acids is 1. The molecule has 28 heavy (non-hydrogen) atoms. The number of pyridine rings is 1. The summed E-state index contributed by atoms with van der Waals surface area (Å²) in [7, 11) is 2.01. The van der Waals surface area contributed by atoms with Crippen molar-refractivity contribution >= 4 is 5.91 Å². The van der Waals surface area contributed by atoms with Gasteiger partial charge in [-0.25, -0.2) is 4.98 Å². The van der Waals surface area contributed by atoms with Gasteiger partial charge >= 0.3 is 0 Å². The van der Waals surface area contributed by atoms with Crippen LogP contribution in [-0.4, -0.2) is 33.5 Å². The molecule has 0 unspecified atom stereocenters. The number of ether oxygens (including phenoxy) is 1. The Morgan fingerprint density at radius 2 is 1.96 bits per heavy atom. The number of carbonyl (C=O) groups is 1. The molecule has 0 fully saturated rings. The minimum Gasteiger partial charge on any atom is -0.478 e. The van der Waals surface area contributed by atoms with Crippen molar-refractivity contribution < 1.29 is 9.53 Å². The molecule has 3 heterocycles. The van der Waals surface area contributed by atoms with E-state index in [-0.39, 0.29) is 5.91 Å². The van der Waals surface area contributed by atoms with Gasteiger partial charge in [-0.2, -0.15) is 0 Å². The Hall–Kier alpha value is -3.08. The highest BCUT2D eigenvalue weighted by Crippen LogP contribution is 2.27. The highest BCUT2D eigenvalue weighted by molar-refractivity contribution is 5.97. The summed E-state index contributed by atoms with van der Waals surface area (Å²) < 4.78 is 7.59.